The molecule has 0 aliphatic heterocycles. The molecular weight excluding hydrogens is 4650 g/mol. The van der Waals surface area contributed by atoms with Gasteiger partial charge in [0.2, 0.25) is 0 Å². The van der Waals surface area contributed by atoms with Crippen molar-refractivity contribution in [3.05, 3.63) is 62.6 Å². The van der Waals surface area contributed by atoms with Crippen LogP contribution in [0, 0.1) is 10.1 Å². The Morgan fingerprint density at radius 3 is 0.427 bits per heavy atom. The predicted molar refractivity (Wildman–Crippen MR) is 722 cm³/mol. The summed E-state index contributed by atoms with van der Waals surface area (Å²) in [5, 5.41) is 11.2. The number of benzene rings is 2. The van der Waals surface area contributed by atoms with E-state index in [4.69, 9.17) is 0 Å². The number of nitro benzene ring substituents is 1. The van der Waals surface area contributed by atoms with Crippen LogP contribution in [0.4, 0.5) is 5.69 Å². The average Bonchev–Trinajstić information content (AvgIpc) is 0.834. The summed E-state index contributed by atoms with van der Waals surface area (Å²) >= 11 is 142. The van der Waals surface area contributed by atoms with Crippen LogP contribution in [-0.4, -0.2) is 3500 Å². The summed E-state index contributed by atoms with van der Waals surface area (Å²) in [5.74, 6) is 0. The fourth-order valence-corrected chi connectivity index (χ4v) is 3.28. The van der Waals surface area contributed by atoms with Gasteiger partial charge in [0.1, 0.15) is 0 Å². The van der Waals surface area contributed by atoms with Crippen molar-refractivity contribution < 1.29 is 4.92 Å². The Labute approximate surface area is 3340 Å². The molecule has 0 aliphatic rings. The van der Waals surface area contributed by atoms with E-state index >= 15 is 0 Å². The van der Waals surface area contributed by atoms with E-state index in [1.54, 1.807) is 6.07 Å². The van der Waals surface area contributed by atoms with Crippen molar-refractivity contribution in [3.8, 4) is 0 Å². The Morgan fingerprint density at radius 1 is 0.206 bits per heavy atom. The topological polar surface area (TPSA) is 46.4 Å². The van der Waals surface area contributed by atoms with Crippen LogP contribution >= 0.6 is 27.7 Å². The first kappa shape index (κ1) is 451. The zero-order valence-corrected chi connectivity index (χ0v) is 468. The van der Waals surface area contributed by atoms with Crippen molar-refractivity contribution in [2.45, 2.75) is 16.3 Å². The van der Waals surface area contributed by atoms with Gasteiger partial charge in [-0.05, 0) is 37.9 Å². The van der Waals surface area contributed by atoms with Gasteiger partial charge in [-0.15, -0.1) is 0 Å². The van der Waals surface area contributed by atoms with Gasteiger partial charge in [-0.25, -0.2) is 0 Å². The Kier molecular flexibility index (Phi) is 2310. The van der Waals surface area contributed by atoms with Gasteiger partial charge in [0, 0.05) is 22.0 Å². The Morgan fingerprint density at radius 2 is 0.321 bits per heavy atom. The van der Waals surface area contributed by atoms with Crippen LogP contribution in [0.25, 0.3) is 0 Å². The molecule has 0 N–H and O–H groups in total. The second-order valence-corrected chi connectivity index (χ2v) is 6.82. The quantitative estimate of drug-likeness (QED) is 0.170. The van der Waals surface area contributed by atoms with Crippen LogP contribution in [0.1, 0.15) is 5.56 Å². The molecule has 116 heteroatoms. The maximum atomic E-state index is 11.2. The van der Waals surface area contributed by atoms with Gasteiger partial charge >= 0.3 is 3470 Å². The molecule has 220 valence electrons. The second kappa shape index (κ2) is 671. The molecule has 0 spiro atoms. The van der Waals surface area contributed by atoms with Crippen LogP contribution in [0.5, 0.6) is 0 Å². The molecule has 4 nitrogen and oxygen atoms in total. The van der Waals surface area contributed by atoms with E-state index in [0.717, 1.165) is 17.0 Å². The summed E-state index contributed by atoms with van der Waals surface area (Å²) in [4.78, 5) is 14.6. The second-order valence-electron chi connectivity index (χ2n) is 4.82. The number of hydrogen-bond donors (Lipinski definition) is 0. The molecule has 0 aromatic heterocycles. The summed E-state index contributed by atoms with van der Waals surface area (Å²) in [6, 6.07) is 13.1. The molecule has 0 amide bonds. The van der Waals surface area contributed by atoms with Gasteiger partial charge < -0.3 is 4.90 Å². The monoisotopic (exact) mass is 4650 g/mol. The van der Waals surface area contributed by atoms with Gasteiger partial charge in [0.25, 0.3) is 5.69 Å². The average molecular weight is 4670 g/mol. The van der Waals surface area contributed by atoms with E-state index in [2.05, 4.69) is 20.8 Å². The van der Waals surface area contributed by atoms with Crippen molar-refractivity contribution in [2.75, 3.05) is 14.1 Å². The zero-order valence-electron chi connectivity index (χ0n) is 122. The maximum absolute atomic E-state index is 11.2. The number of halogens is 1. The number of hydrogen-bond acceptors (Lipinski definition) is 4. The van der Waals surface area contributed by atoms with Crippen molar-refractivity contribution >= 4 is 3510 Å². The van der Waals surface area contributed by atoms with E-state index in [9.17, 15) is 10.1 Å². The molecule has 0 saturated carbocycles. The van der Waals surface area contributed by atoms with Gasteiger partial charge in [-0.2, -0.15) is 0 Å². The molecule has 0 fully saturated rings. The zero-order chi connectivity index (χ0) is 125. The first-order valence-electron chi connectivity index (χ1n) is 61.3. The van der Waals surface area contributed by atoms with Crippen molar-refractivity contribution in [1.29, 1.82) is 0 Å². The third-order valence-corrected chi connectivity index (χ3v) is 4.47. The molecule has 0 bridgehead atoms. The molecule has 0 aliphatic carbocycles. The Bertz CT molecular complexity index is 745. The summed E-state index contributed by atoms with van der Waals surface area (Å²) in [5.41, 5.74) is 1.28. The van der Waals surface area contributed by atoms with Crippen molar-refractivity contribution in [3.63, 3.8) is 0 Å². The summed E-state index contributed by atoms with van der Waals surface area (Å²) in [6.07, 6.45) is 0. The first-order valence-corrected chi connectivity index (χ1v) is 943. The van der Waals surface area contributed by atoms with Gasteiger partial charge in [0.15, 0.2) is 0 Å². The van der Waals surface area contributed by atoms with Gasteiger partial charge in [0.05, 0.1) is 9.82 Å². The van der Waals surface area contributed by atoms with Crippen LogP contribution in [0.3, 0.4) is 0 Å². The van der Waals surface area contributed by atoms with E-state index < -0.39 is 0 Å². The van der Waals surface area contributed by atoms with E-state index in [0.29, 0.717) is 9.37 Å². The van der Waals surface area contributed by atoms with Crippen LogP contribution in [0.15, 0.2) is 56.7 Å². The summed E-state index contributed by atoms with van der Waals surface area (Å²) in [7, 11) is 4.01. The minimum absolute atomic E-state index is 0.119. The van der Waals surface area contributed by atoms with E-state index in [1.807, 2.05) is 44.4 Å². The molecule has 131 heavy (non-hydrogen) atoms. The Hall–Kier alpha value is 179. The standard InChI is InChI=1S/C15H15BrN2O2S.110K/c1-17(2)10-11-5-3-4-6-14(11)21-15-8-7-12(16)9-13(15)18(19)20;;;;;;;;;;;;;;;;;;;;;;;;;;;;;;;;;;;;;;;;;;;;;;;;;;;;;;;;;;;;;;;;;;;;;;;;;;;;;;;;;;;;;;;;;;;;;;;;;;;;;;;;;;;;;;/h3-9H,10H2,1-2H3;;;;;;;;;;;;;;;;;;;;;;;;;;;;;;;;;;;;;;;;;;;;;;;;;;;;;;;;;;;;;;;;;;;;;;;;;;;;;;;;;;;;;;;;;;;;;;;;;;;;;;;;;;;;;;. The molecule has 2 aromatic carbocycles. The number of nitro groups is 1. The molecule has 2 aromatic rings. The SMILES string of the molecule is CN(C)Cc1ccccc1Sc1ccc(Br)cc1[N+](=O)[O-].[K][K].[K][K].[K][K].[K][K].[K][K].[K][K].[K][K].[K][K].[K][K].[K][K].[K][K].[K][K].[K][K].[K][K].[K][K].[K][K].[K][K].[K][K].[K][K].[K][K].[K][K].[K][K].[K][K].[K][K].[K][K].[K][K].[K][K].[K][K].[K][K].[K][K].[K][K].[K][K].[K][K].[K][K].[K][K].[K][K].[K][K].[K][K].[K][K].[K][K].[K][K].[K][K].[K][K].[K][K].[K][K].[K][K].[K][K].[K][K].[K][K].[K][K].[K][K].[K][K].[K][K].[K][K].[K][K]. The molecule has 0 unspecified atom stereocenters. The Balaban J connectivity index is -0.00000000927. The van der Waals surface area contributed by atoms with E-state index in [-0.39, 0.29) is 10.6 Å². The molecule has 0 atom stereocenters. The van der Waals surface area contributed by atoms with Crippen LogP contribution in [-0.2, 0) is 6.54 Å². The fourth-order valence-electron chi connectivity index (χ4n) is 1.91. The van der Waals surface area contributed by atoms with Gasteiger partial charge in [-0.1, -0.05) is 45.9 Å². The van der Waals surface area contributed by atoms with E-state index in [1.165, 1.54) is 3490 Å². The van der Waals surface area contributed by atoms with Gasteiger partial charge in [-0.3, -0.25) is 10.1 Å². The summed E-state index contributed by atoms with van der Waals surface area (Å²) < 4.78 is 0.708. The fraction of sp³-hybridized carbons (Fsp3) is 0.200. The third kappa shape index (κ3) is 630. The molecule has 0 radical (unpaired) electrons. The minimum atomic E-state index is -0.346. The normalized spacial score (nSPS) is 5.10. The van der Waals surface area contributed by atoms with Crippen molar-refractivity contribution in [1.82, 2.24) is 4.90 Å². The molecular formula is C15H15BrK110N2O2S. The summed E-state index contributed by atoms with van der Waals surface area (Å²) in [6.45, 7) is 0.799. The first-order chi connectivity index (χ1) is 65.0. The molecule has 0 heterocycles. The van der Waals surface area contributed by atoms with Crippen molar-refractivity contribution in [2.24, 2.45) is 0 Å². The number of rotatable bonds is 5. The number of nitrogens with zero attached hydrogens (tertiary/aromatic N) is 2. The van der Waals surface area contributed by atoms with Crippen LogP contribution < -0.4 is 0 Å². The third-order valence-electron chi connectivity index (χ3n) is 2.80. The molecule has 2 rings (SSSR count). The van der Waals surface area contributed by atoms with Crippen LogP contribution in [0.2, 0.25) is 0 Å². The predicted octanol–water partition coefficient (Wildman–Crippen LogP) is -37.3. The molecule has 0 saturated heterocycles.